The Bertz CT molecular complexity index is 569. The minimum atomic E-state index is -0.519. The molecule has 0 N–H and O–H groups in total. The summed E-state index contributed by atoms with van der Waals surface area (Å²) < 4.78 is 7.53. The first-order valence-corrected chi connectivity index (χ1v) is 6.03. The van der Waals surface area contributed by atoms with Crippen molar-refractivity contribution < 1.29 is 9.53 Å². The van der Waals surface area contributed by atoms with Gasteiger partial charge in [-0.3, -0.25) is 0 Å². The number of aromatic nitrogens is 2. The Morgan fingerprint density at radius 2 is 2.12 bits per heavy atom. The maximum Gasteiger partial charge on any atom is 0.420 e. The maximum atomic E-state index is 12.0. The van der Waals surface area contributed by atoms with Crippen LogP contribution in [0, 0.1) is 0 Å². The average molecular weight is 297 g/mol. The second kappa shape index (κ2) is 4.14. The zero-order valence-electron chi connectivity index (χ0n) is 9.90. The SMILES string of the molecule is CC(C)(C)OC(=O)n1cnc2cccc(Br)c21. The first-order chi connectivity index (χ1) is 7.88. The van der Waals surface area contributed by atoms with Crippen molar-refractivity contribution in [2.75, 3.05) is 0 Å². The predicted octanol–water partition coefficient (Wildman–Crippen LogP) is 3.58. The lowest BCUT2D eigenvalue weighted by Crippen LogP contribution is -2.26. The van der Waals surface area contributed by atoms with E-state index >= 15 is 0 Å². The van der Waals surface area contributed by atoms with Crippen LogP contribution in [0.4, 0.5) is 4.79 Å². The van der Waals surface area contributed by atoms with E-state index in [1.807, 2.05) is 39.0 Å². The van der Waals surface area contributed by atoms with Crippen LogP contribution in [-0.4, -0.2) is 21.2 Å². The molecule has 5 heteroatoms. The fraction of sp³-hybridized carbons (Fsp3) is 0.333. The number of hydrogen-bond donors (Lipinski definition) is 0. The summed E-state index contributed by atoms with van der Waals surface area (Å²) in [6.07, 6.45) is 1.05. The van der Waals surface area contributed by atoms with E-state index < -0.39 is 11.7 Å². The van der Waals surface area contributed by atoms with Crippen LogP contribution >= 0.6 is 15.9 Å². The van der Waals surface area contributed by atoms with E-state index in [0.717, 1.165) is 15.5 Å². The lowest BCUT2D eigenvalue weighted by molar-refractivity contribution is 0.0543. The standard InChI is InChI=1S/C12H13BrN2O2/c1-12(2,3)17-11(16)15-7-14-9-6-4-5-8(13)10(9)15/h4-7H,1-3H3. The minimum Gasteiger partial charge on any atom is -0.443 e. The quantitative estimate of drug-likeness (QED) is 0.746. The smallest absolute Gasteiger partial charge is 0.420 e. The number of carbonyl (C=O) groups excluding carboxylic acids is 1. The largest absolute Gasteiger partial charge is 0.443 e. The number of benzene rings is 1. The van der Waals surface area contributed by atoms with Gasteiger partial charge in [0.2, 0.25) is 0 Å². The fourth-order valence-electron chi connectivity index (χ4n) is 1.47. The number of halogens is 1. The van der Waals surface area contributed by atoms with Crippen molar-refractivity contribution in [1.82, 2.24) is 9.55 Å². The van der Waals surface area contributed by atoms with Crippen LogP contribution in [0.2, 0.25) is 0 Å². The number of ether oxygens (including phenoxy) is 1. The molecule has 17 heavy (non-hydrogen) atoms. The van der Waals surface area contributed by atoms with E-state index in [-0.39, 0.29) is 0 Å². The number of rotatable bonds is 0. The molecule has 0 aliphatic carbocycles. The summed E-state index contributed by atoms with van der Waals surface area (Å²) >= 11 is 3.41. The van der Waals surface area contributed by atoms with E-state index in [1.54, 1.807) is 0 Å². The minimum absolute atomic E-state index is 0.424. The van der Waals surface area contributed by atoms with Crippen LogP contribution in [0.3, 0.4) is 0 Å². The maximum absolute atomic E-state index is 12.0. The van der Waals surface area contributed by atoms with Crippen LogP contribution in [0.1, 0.15) is 20.8 Å². The van der Waals surface area contributed by atoms with Gasteiger partial charge in [0.15, 0.2) is 0 Å². The molecule has 90 valence electrons. The Hall–Kier alpha value is -1.36. The van der Waals surface area contributed by atoms with Gasteiger partial charge in [0.05, 0.1) is 11.0 Å². The monoisotopic (exact) mass is 296 g/mol. The van der Waals surface area contributed by atoms with Crippen LogP contribution in [0.25, 0.3) is 11.0 Å². The van der Waals surface area contributed by atoms with E-state index in [1.165, 1.54) is 10.9 Å². The van der Waals surface area contributed by atoms with Crippen molar-refractivity contribution in [3.63, 3.8) is 0 Å². The molecule has 2 aromatic rings. The number of fused-ring (bicyclic) bond motifs is 1. The molecule has 0 fully saturated rings. The number of nitrogens with zero attached hydrogens (tertiary/aromatic N) is 2. The Morgan fingerprint density at radius 1 is 1.41 bits per heavy atom. The Morgan fingerprint density at radius 3 is 2.76 bits per heavy atom. The average Bonchev–Trinajstić information content (AvgIpc) is 2.60. The zero-order valence-corrected chi connectivity index (χ0v) is 11.5. The second-order valence-corrected chi connectivity index (χ2v) is 5.56. The molecule has 1 aromatic heterocycles. The Balaban J connectivity index is 2.46. The molecule has 0 unspecified atom stereocenters. The van der Waals surface area contributed by atoms with Gasteiger partial charge in [-0.25, -0.2) is 14.3 Å². The van der Waals surface area contributed by atoms with Crippen molar-refractivity contribution in [3.05, 3.63) is 29.0 Å². The summed E-state index contributed by atoms with van der Waals surface area (Å²) in [6.45, 7) is 5.50. The highest BCUT2D eigenvalue weighted by Crippen LogP contribution is 2.23. The Kier molecular flexibility index (Phi) is 2.95. The van der Waals surface area contributed by atoms with E-state index in [4.69, 9.17) is 4.74 Å². The lowest BCUT2D eigenvalue weighted by Gasteiger charge is -2.19. The number of hydrogen-bond acceptors (Lipinski definition) is 3. The zero-order chi connectivity index (χ0) is 12.6. The molecular weight excluding hydrogens is 284 g/mol. The molecule has 2 rings (SSSR count). The van der Waals surface area contributed by atoms with Crippen molar-refractivity contribution in [2.45, 2.75) is 26.4 Å². The van der Waals surface area contributed by atoms with Crippen molar-refractivity contribution in [2.24, 2.45) is 0 Å². The van der Waals surface area contributed by atoms with Gasteiger partial charge in [-0.2, -0.15) is 0 Å². The summed E-state index contributed by atoms with van der Waals surface area (Å²) in [5.74, 6) is 0. The lowest BCUT2D eigenvalue weighted by atomic mass is 10.2. The van der Waals surface area contributed by atoms with Crippen molar-refractivity contribution >= 4 is 33.1 Å². The Labute approximate surface area is 108 Å². The molecule has 0 saturated heterocycles. The summed E-state index contributed by atoms with van der Waals surface area (Å²) in [6, 6.07) is 5.59. The van der Waals surface area contributed by atoms with Gasteiger partial charge >= 0.3 is 6.09 Å². The first kappa shape index (κ1) is 12.1. The van der Waals surface area contributed by atoms with Gasteiger partial charge in [0.1, 0.15) is 11.9 Å². The molecule has 1 heterocycles. The summed E-state index contributed by atoms with van der Waals surface area (Å²) in [5.41, 5.74) is 0.960. The summed E-state index contributed by atoms with van der Waals surface area (Å²) in [4.78, 5) is 16.1. The van der Waals surface area contributed by atoms with Gasteiger partial charge in [-0.15, -0.1) is 0 Å². The number of para-hydroxylation sites is 1. The van der Waals surface area contributed by atoms with E-state index in [9.17, 15) is 4.79 Å². The molecule has 0 amide bonds. The van der Waals surface area contributed by atoms with Crippen LogP contribution < -0.4 is 0 Å². The molecular formula is C12H13BrN2O2. The molecule has 4 nitrogen and oxygen atoms in total. The van der Waals surface area contributed by atoms with Gasteiger partial charge < -0.3 is 4.74 Å². The molecule has 0 atom stereocenters. The second-order valence-electron chi connectivity index (χ2n) is 4.70. The van der Waals surface area contributed by atoms with Gasteiger partial charge in [0.25, 0.3) is 0 Å². The normalized spacial score (nSPS) is 11.8. The fourth-order valence-corrected chi connectivity index (χ4v) is 2.02. The predicted molar refractivity (Wildman–Crippen MR) is 69.1 cm³/mol. The summed E-state index contributed by atoms with van der Waals surface area (Å²) in [7, 11) is 0. The topological polar surface area (TPSA) is 44.1 Å². The third kappa shape index (κ3) is 2.49. The van der Waals surface area contributed by atoms with Gasteiger partial charge in [-0.1, -0.05) is 6.07 Å². The molecule has 0 radical (unpaired) electrons. The first-order valence-electron chi connectivity index (χ1n) is 5.23. The molecule has 0 aliphatic heterocycles. The van der Waals surface area contributed by atoms with Crippen molar-refractivity contribution in [1.29, 1.82) is 0 Å². The summed E-state index contributed by atoms with van der Waals surface area (Å²) in [5, 5.41) is 0. The number of imidazole rings is 1. The molecule has 0 bridgehead atoms. The molecule has 0 saturated carbocycles. The molecule has 0 aliphatic rings. The van der Waals surface area contributed by atoms with Crippen LogP contribution in [0.15, 0.2) is 29.0 Å². The van der Waals surface area contributed by atoms with Crippen LogP contribution in [-0.2, 0) is 4.74 Å². The third-order valence-electron chi connectivity index (χ3n) is 2.11. The highest BCUT2D eigenvalue weighted by molar-refractivity contribution is 9.10. The highest BCUT2D eigenvalue weighted by Gasteiger charge is 2.20. The molecule has 1 aromatic carbocycles. The molecule has 0 spiro atoms. The van der Waals surface area contributed by atoms with E-state index in [0.29, 0.717) is 0 Å². The van der Waals surface area contributed by atoms with E-state index in [2.05, 4.69) is 20.9 Å². The van der Waals surface area contributed by atoms with Crippen LogP contribution in [0.5, 0.6) is 0 Å². The number of carbonyl (C=O) groups is 1. The third-order valence-corrected chi connectivity index (χ3v) is 2.75. The van der Waals surface area contributed by atoms with Gasteiger partial charge in [0, 0.05) is 4.47 Å². The van der Waals surface area contributed by atoms with Crippen molar-refractivity contribution in [3.8, 4) is 0 Å². The highest BCUT2D eigenvalue weighted by atomic mass is 79.9. The van der Waals surface area contributed by atoms with Gasteiger partial charge in [-0.05, 0) is 48.8 Å².